The van der Waals surface area contributed by atoms with Crippen LogP contribution >= 0.6 is 0 Å². The van der Waals surface area contributed by atoms with E-state index in [0.717, 1.165) is 22.3 Å². The van der Waals surface area contributed by atoms with Crippen LogP contribution in [-0.4, -0.2) is 30.0 Å². The number of benzene rings is 2. The molecule has 1 N–H and O–H groups in total. The molecule has 1 fully saturated rings. The maximum absolute atomic E-state index is 12.8. The lowest BCUT2D eigenvalue weighted by molar-refractivity contribution is -0.122. The molecule has 6 nitrogen and oxygen atoms in total. The van der Waals surface area contributed by atoms with E-state index in [9.17, 15) is 9.59 Å². The summed E-state index contributed by atoms with van der Waals surface area (Å²) in [5, 5.41) is 4.05. The molecule has 0 saturated carbocycles. The second kappa shape index (κ2) is 7.03. The number of aryl methyl sites for hydroxylation is 2. The van der Waals surface area contributed by atoms with Crippen molar-refractivity contribution in [2.45, 2.75) is 13.3 Å². The number of fused-ring (bicyclic) bond motifs is 1. The summed E-state index contributed by atoms with van der Waals surface area (Å²) >= 11 is 0. The van der Waals surface area contributed by atoms with Gasteiger partial charge in [0, 0.05) is 42.3 Å². The fourth-order valence-electron chi connectivity index (χ4n) is 3.78. The molecule has 1 aromatic heterocycles. The van der Waals surface area contributed by atoms with Crippen molar-refractivity contribution in [3.8, 4) is 5.75 Å². The van der Waals surface area contributed by atoms with E-state index in [0.29, 0.717) is 18.0 Å². The first-order valence-corrected chi connectivity index (χ1v) is 9.28. The maximum Gasteiger partial charge on any atom is 0.229 e. The van der Waals surface area contributed by atoms with Crippen LogP contribution in [0.2, 0.25) is 0 Å². The molecule has 1 atom stereocenters. The molecule has 2 aromatic carbocycles. The lowest BCUT2D eigenvalue weighted by Gasteiger charge is -2.19. The summed E-state index contributed by atoms with van der Waals surface area (Å²) in [7, 11) is 3.59. The summed E-state index contributed by atoms with van der Waals surface area (Å²) in [6, 6.07) is 15.3. The number of rotatable bonds is 4. The molecule has 2 heterocycles. The van der Waals surface area contributed by atoms with Crippen LogP contribution in [0.25, 0.3) is 10.9 Å². The van der Waals surface area contributed by atoms with E-state index in [1.807, 2.05) is 49.5 Å². The fourth-order valence-corrected chi connectivity index (χ4v) is 3.78. The first-order chi connectivity index (χ1) is 13.5. The summed E-state index contributed by atoms with van der Waals surface area (Å²) in [6.07, 6.45) is 0.191. The summed E-state index contributed by atoms with van der Waals surface area (Å²) in [5.74, 6) is 0.0176. The van der Waals surface area contributed by atoms with Crippen LogP contribution in [-0.2, 0) is 16.6 Å². The number of hydrogen-bond donors (Lipinski definition) is 1. The number of aromatic nitrogens is 1. The van der Waals surface area contributed by atoms with Crippen molar-refractivity contribution in [3.63, 3.8) is 0 Å². The Morgan fingerprint density at radius 1 is 1.18 bits per heavy atom. The van der Waals surface area contributed by atoms with E-state index in [1.165, 1.54) is 0 Å². The molecule has 0 bridgehead atoms. The molecular weight excluding hydrogens is 354 g/mol. The van der Waals surface area contributed by atoms with Crippen LogP contribution in [0.1, 0.15) is 12.1 Å². The van der Waals surface area contributed by atoms with Gasteiger partial charge in [0.2, 0.25) is 11.8 Å². The molecule has 144 valence electrons. The van der Waals surface area contributed by atoms with E-state index in [2.05, 4.69) is 22.9 Å². The van der Waals surface area contributed by atoms with Gasteiger partial charge in [0.15, 0.2) is 0 Å². The number of para-hydroxylation sites is 2. The molecule has 1 aliphatic heterocycles. The van der Waals surface area contributed by atoms with Gasteiger partial charge in [0.25, 0.3) is 0 Å². The minimum Gasteiger partial charge on any atom is -0.495 e. The van der Waals surface area contributed by atoms with Gasteiger partial charge >= 0.3 is 0 Å². The van der Waals surface area contributed by atoms with Gasteiger partial charge in [-0.1, -0.05) is 12.1 Å². The number of nitrogens with one attached hydrogen (secondary N) is 1. The number of methoxy groups -OCH3 is 1. The average Bonchev–Trinajstić information content (AvgIpc) is 3.21. The molecule has 1 unspecified atom stereocenters. The van der Waals surface area contributed by atoms with Gasteiger partial charge in [-0.2, -0.15) is 0 Å². The summed E-state index contributed by atoms with van der Waals surface area (Å²) < 4.78 is 7.47. The predicted octanol–water partition coefficient (Wildman–Crippen LogP) is 3.49. The van der Waals surface area contributed by atoms with E-state index in [4.69, 9.17) is 4.74 Å². The third-order valence-electron chi connectivity index (χ3n) is 5.42. The third-order valence-corrected chi connectivity index (χ3v) is 5.42. The number of carbonyl (C=O) groups excluding carboxylic acids is 2. The van der Waals surface area contributed by atoms with Crippen molar-refractivity contribution in [3.05, 3.63) is 54.2 Å². The van der Waals surface area contributed by atoms with Gasteiger partial charge in [-0.05, 0) is 43.3 Å². The molecule has 28 heavy (non-hydrogen) atoms. The molecule has 0 spiro atoms. The molecule has 4 rings (SSSR count). The van der Waals surface area contributed by atoms with Gasteiger partial charge < -0.3 is 19.5 Å². The summed E-state index contributed by atoms with van der Waals surface area (Å²) in [5.41, 5.74) is 3.72. The van der Waals surface area contributed by atoms with Gasteiger partial charge in [-0.3, -0.25) is 9.59 Å². The topological polar surface area (TPSA) is 63.6 Å². The quantitative estimate of drug-likeness (QED) is 0.757. The Kier molecular flexibility index (Phi) is 4.55. The maximum atomic E-state index is 12.8. The first kappa shape index (κ1) is 18.1. The van der Waals surface area contributed by atoms with Crippen molar-refractivity contribution < 1.29 is 14.3 Å². The van der Waals surface area contributed by atoms with Crippen LogP contribution in [0, 0.1) is 12.8 Å². The van der Waals surface area contributed by atoms with Crippen LogP contribution in [0.15, 0.2) is 48.5 Å². The Balaban J connectivity index is 1.51. The van der Waals surface area contributed by atoms with Crippen molar-refractivity contribution in [1.29, 1.82) is 0 Å². The van der Waals surface area contributed by atoms with E-state index in [1.54, 1.807) is 12.0 Å². The molecule has 1 aliphatic rings. The van der Waals surface area contributed by atoms with Crippen LogP contribution in [0.3, 0.4) is 0 Å². The van der Waals surface area contributed by atoms with Crippen LogP contribution in [0.5, 0.6) is 5.75 Å². The number of hydrogen-bond acceptors (Lipinski definition) is 3. The van der Waals surface area contributed by atoms with Crippen molar-refractivity contribution in [1.82, 2.24) is 4.57 Å². The Morgan fingerprint density at radius 2 is 1.96 bits per heavy atom. The minimum absolute atomic E-state index is 0.0706. The highest BCUT2D eigenvalue weighted by molar-refractivity contribution is 6.04. The van der Waals surface area contributed by atoms with Crippen LogP contribution < -0.4 is 15.0 Å². The van der Waals surface area contributed by atoms with Gasteiger partial charge in [-0.25, -0.2) is 0 Å². The number of carbonyl (C=O) groups is 2. The molecule has 6 heteroatoms. The smallest absolute Gasteiger partial charge is 0.229 e. The first-order valence-electron chi connectivity index (χ1n) is 9.28. The second-order valence-corrected chi connectivity index (χ2v) is 7.18. The highest BCUT2D eigenvalue weighted by Gasteiger charge is 2.36. The van der Waals surface area contributed by atoms with E-state index >= 15 is 0 Å². The lowest BCUT2D eigenvalue weighted by atomic mass is 10.1. The Labute approximate surface area is 163 Å². The Morgan fingerprint density at radius 3 is 2.75 bits per heavy atom. The second-order valence-electron chi connectivity index (χ2n) is 7.18. The molecule has 3 aromatic rings. The third kappa shape index (κ3) is 3.11. The summed E-state index contributed by atoms with van der Waals surface area (Å²) in [6.45, 7) is 2.40. The SMILES string of the molecule is COc1ccccc1N1CC(C(=O)Nc2ccc3c(c2)cc(C)n3C)CC1=O. The standard InChI is InChI=1S/C22H23N3O3/c1-14-10-15-11-17(8-9-18(15)24(14)2)23-22(27)16-12-21(26)25(13-16)19-6-4-5-7-20(19)28-3/h4-11,16H,12-13H2,1-3H3,(H,23,27). The van der Waals surface area contributed by atoms with E-state index < -0.39 is 5.92 Å². The average molecular weight is 377 g/mol. The molecule has 0 radical (unpaired) electrons. The highest BCUT2D eigenvalue weighted by Crippen LogP contribution is 2.33. The number of ether oxygens (including phenoxy) is 1. The predicted molar refractivity (Wildman–Crippen MR) is 110 cm³/mol. The van der Waals surface area contributed by atoms with E-state index in [-0.39, 0.29) is 18.2 Å². The van der Waals surface area contributed by atoms with Crippen molar-refractivity contribution >= 4 is 34.1 Å². The zero-order chi connectivity index (χ0) is 19.8. The zero-order valence-electron chi connectivity index (χ0n) is 16.2. The molecule has 2 amide bonds. The normalized spacial score (nSPS) is 16.6. The summed E-state index contributed by atoms with van der Waals surface area (Å²) in [4.78, 5) is 26.9. The number of anilines is 2. The fraction of sp³-hybridized carbons (Fsp3) is 0.273. The molecule has 1 saturated heterocycles. The van der Waals surface area contributed by atoms with Crippen molar-refractivity contribution in [2.75, 3.05) is 23.9 Å². The minimum atomic E-state index is -0.398. The molecule has 0 aliphatic carbocycles. The number of nitrogens with zero attached hydrogens (tertiary/aromatic N) is 2. The van der Waals surface area contributed by atoms with Crippen molar-refractivity contribution in [2.24, 2.45) is 13.0 Å². The van der Waals surface area contributed by atoms with Crippen LogP contribution in [0.4, 0.5) is 11.4 Å². The highest BCUT2D eigenvalue weighted by atomic mass is 16.5. The van der Waals surface area contributed by atoms with Gasteiger partial charge in [0.05, 0.1) is 18.7 Å². The monoisotopic (exact) mass is 377 g/mol. The zero-order valence-corrected chi connectivity index (χ0v) is 16.2. The lowest BCUT2D eigenvalue weighted by Crippen LogP contribution is -2.28. The van der Waals surface area contributed by atoms with Gasteiger partial charge in [-0.15, -0.1) is 0 Å². The number of amides is 2. The Hall–Kier alpha value is -3.28. The molecular formula is C22H23N3O3. The largest absolute Gasteiger partial charge is 0.495 e. The Bertz CT molecular complexity index is 1070. The van der Waals surface area contributed by atoms with Gasteiger partial charge in [0.1, 0.15) is 5.75 Å².